The van der Waals surface area contributed by atoms with Crippen molar-refractivity contribution in [3.05, 3.63) is 72.6 Å². The number of nitrogens with zero attached hydrogens (tertiary/aromatic N) is 3. The Bertz CT molecular complexity index is 1240. The molecule has 0 saturated heterocycles. The smallest absolute Gasteiger partial charge is 0.247 e. The van der Waals surface area contributed by atoms with E-state index in [-0.39, 0.29) is 17.6 Å². The average molecular weight is 490 g/mol. The molecule has 1 heterocycles. The number of anilines is 4. The molecule has 10 heteroatoms. The number of rotatable bonds is 12. The lowest BCUT2D eigenvalue weighted by atomic mass is 10.1. The highest BCUT2D eigenvalue weighted by Gasteiger charge is 2.16. The molecule has 1 aromatic heterocycles. The second-order valence-corrected chi connectivity index (χ2v) is 7.98. The summed E-state index contributed by atoms with van der Waals surface area (Å²) in [6.07, 6.45) is 2.73. The highest BCUT2D eigenvalue weighted by molar-refractivity contribution is 6.12. The van der Waals surface area contributed by atoms with E-state index in [1.54, 1.807) is 36.5 Å². The molecule has 0 atom stereocenters. The Kier molecular flexibility index (Phi) is 8.95. The van der Waals surface area contributed by atoms with E-state index in [4.69, 9.17) is 20.6 Å². The third kappa shape index (κ3) is 6.80. The zero-order chi connectivity index (χ0) is 26.1. The number of hydrogen-bond acceptors (Lipinski definition) is 9. The predicted molar refractivity (Wildman–Crippen MR) is 143 cm³/mol. The van der Waals surface area contributed by atoms with E-state index in [2.05, 4.69) is 27.2 Å². The van der Waals surface area contributed by atoms with Crippen molar-refractivity contribution in [3.63, 3.8) is 0 Å². The summed E-state index contributed by atoms with van der Waals surface area (Å²) in [5.41, 5.74) is 8.61. The van der Waals surface area contributed by atoms with Gasteiger partial charge in [-0.2, -0.15) is 0 Å². The summed E-state index contributed by atoms with van der Waals surface area (Å²) >= 11 is 0. The lowest BCUT2D eigenvalue weighted by Crippen LogP contribution is -2.20. The maximum absolute atomic E-state index is 12.1. The Hall–Kier alpha value is -4.44. The molecule has 0 fully saturated rings. The van der Waals surface area contributed by atoms with E-state index in [1.807, 2.05) is 38.1 Å². The Morgan fingerprint density at radius 2 is 1.92 bits per heavy atom. The zero-order valence-corrected chi connectivity index (χ0v) is 20.7. The van der Waals surface area contributed by atoms with Gasteiger partial charge in [-0.15, -0.1) is 0 Å². The first-order chi connectivity index (χ1) is 17.3. The zero-order valence-electron chi connectivity index (χ0n) is 20.7. The van der Waals surface area contributed by atoms with Crippen LogP contribution < -0.4 is 25.8 Å². The molecule has 0 aliphatic rings. The minimum atomic E-state index is -0.380. The Balaban J connectivity index is 1.95. The van der Waals surface area contributed by atoms with Crippen LogP contribution in [0.15, 0.2) is 61.3 Å². The van der Waals surface area contributed by atoms with Gasteiger partial charge in [0.05, 0.1) is 29.4 Å². The van der Waals surface area contributed by atoms with Gasteiger partial charge < -0.3 is 30.7 Å². The molecular formula is C26H31N7O3. The predicted octanol–water partition coefficient (Wildman–Crippen LogP) is 3.68. The number of nitrogens with two attached hydrogens (primary N) is 1. The number of nitrogen functional groups attached to an aromatic ring is 1. The van der Waals surface area contributed by atoms with E-state index in [1.165, 1.54) is 6.08 Å². The number of hydrogen-bond donors (Lipinski definition) is 4. The maximum atomic E-state index is 12.1. The van der Waals surface area contributed by atoms with Crippen LogP contribution in [0.4, 0.5) is 23.0 Å². The van der Waals surface area contributed by atoms with Gasteiger partial charge in [-0.05, 0) is 45.3 Å². The molecule has 0 radical (unpaired) electrons. The average Bonchev–Trinajstić information content (AvgIpc) is 2.86. The van der Waals surface area contributed by atoms with E-state index in [0.717, 1.165) is 0 Å². The summed E-state index contributed by atoms with van der Waals surface area (Å²) in [5, 5.41) is 14.5. The normalized spacial score (nSPS) is 10.6. The van der Waals surface area contributed by atoms with Crippen LogP contribution in [0.1, 0.15) is 18.2 Å². The lowest BCUT2D eigenvalue weighted by Gasteiger charge is -2.19. The minimum Gasteiger partial charge on any atom is -0.492 e. The van der Waals surface area contributed by atoms with Crippen LogP contribution in [0.25, 0.3) is 0 Å². The second kappa shape index (κ2) is 12.3. The van der Waals surface area contributed by atoms with Crippen LogP contribution in [-0.4, -0.2) is 60.3 Å². The van der Waals surface area contributed by atoms with Crippen LogP contribution in [0.2, 0.25) is 0 Å². The standard InChI is InChI=1S/C26H31N7O3/c1-5-24(34)30-20-15-21(22(35-6-2)16-23(20)36-14-13-33(3)4)32-26-29-12-11-19(31-26)25(28)17-9-7-8-10-18(17)27/h5,7-12,15-16,28H,1,6,13-14,27H2,2-4H3,(H,30,34)(H,29,31,32). The van der Waals surface area contributed by atoms with Crippen molar-refractivity contribution in [2.75, 3.05) is 50.2 Å². The van der Waals surface area contributed by atoms with Gasteiger partial charge in [0, 0.05) is 30.1 Å². The third-order valence-electron chi connectivity index (χ3n) is 5.01. The van der Waals surface area contributed by atoms with Gasteiger partial charge in [0.1, 0.15) is 18.1 Å². The monoisotopic (exact) mass is 489 g/mol. The molecule has 0 aliphatic carbocycles. The number of para-hydroxylation sites is 1. The van der Waals surface area contributed by atoms with Crippen molar-refractivity contribution in [1.29, 1.82) is 5.41 Å². The van der Waals surface area contributed by atoms with Gasteiger partial charge in [0.25, 0.3) is 0 Å². The van der Waals surface area contributed by atoms with Gasteiger partial charge in [-0.25, -0.2) is 9.97 Å². The molecule has 10 nitrogen and oxygen atoms in total. The number of likely N-dealkylation sites (N-methyl/N-ethyl adjacent to an activating group) is 1. The van der Waals surface area contributed by atoms with Gasteiger partial charge >= 0.3 is 0 Å². The van der Waals surface area contributed by atoms with Crippen LogP contribution in [0, 0.1) is 5.41 Å². The summed E-state index contributed by atoms with van der Waals surface area (Å²) in [4.78, 5) is 22.8. The van der Waals surface area contributed by atoms with Crippen LogP contribution in [0.5, 0.6) is 11.5 Å². The van der Waals surface area contributed by atoms with Gasteiger partial charge in [-0.1, -0.05) is 24.8 Å². The fourth-order valence-corrected chi connectivity index (χ4v) is 3.21. The number of carbonyl (C=O) groups is 1. The molecule has 0 spiro atoms. The first kappa shape index (κ1) is 26.2. The first-order valence-corrected chi connectivity index (χ1v) is 11.4. The molecule has 1 amide bonds. The van der Waals surface area contributed by atoms with Crippen LogP contribution in [-0.2, 0) is 4.79 Å². The molecule has 3 aromatic rings. The van der Waals surface area contributed by atoms with Gasteiger partial charge in [0.2, 0.25) is 11.9 Å². The Morgan fingerprint density at radius 3 is 2.61 bits per heavy atom. The van der Waals surface area contributed by atoms with Crippen molar-refractivity contribution in [3.8, 4) is 11.5 Å². The largest absolute Gasteiger partial charge is 0.492 e. The molecule has 0 aliphatic heterocycles. The maximum Gasteiger partial charge on any atom is 0.247 e. The van der Waals surface area contributed by atoms with Crippen LogP contribution in [0.3, 0.4) is 0 Å². The van der Waals surface area contributed by atoms with Crippen molar-refractivity contribution in [2.24, 2.45) is 0 Å². The number of carbonyl (C=O) groups excluding carboxylic acids is 1. The SMILES string of the molecule is C=CC(=O)Nc1cc(Nc2nccc(C(=N)c3ccccc3N)n2)c(OCC)cc1OCCN(C)C. The van der Waals surface area contributed by atoms with Crippen molar-refractivity contribution >= 4 is 34.6 Å². The molecular weight excluding hydrogens is 458 g/mol. The van der Waals surface area contributed by atoms with Crippen LogP contribution >= 0.6 is 0 Å². The number of nitrogens with one attached hydrogen (secondary N) is 3. The van der Waals surface area contributed by atoms with E-state index < -0.39 is 0 Å². The first-order valence-electron chi connectivity index (χ1n) is 11.4. The molecule has 0 bridgehead atoms. The quantitative estimate of drug-likeness (QED) is 0.172. The third-order valence-corrected chi connectivity index (χ3v) is 5.01. The summed E-state index contributed by atoms with van der Waals surface area (Å²) in [7, 11) is 3.89. The highest BCUT2D eigenvalue weighted by atomic mass is 16.5. The number of benzene rings is 2. The number of amides is 1. The van der Waals surface area contributed by atoms with Crippen molar-refractivity contribution < 1.29 is 14.3 Å². The summed E-state index contributed by atoms with van der Waals surface area (Å²) in [5.74, 6) is 0.812. The molecule has 0 unspecified atom stereocenters. The van der Waals surface area contributed by atoms with E-state index in [9.17, 15) is 4.79 Å². The minimum absolute atomic E-state index is 0.173. The molecule has 3 rings (SSSR count). The fourth-order valence-electron chi connectivity index (χ4n) is 3.21. The van der Waals surface area contributed by atoms with Gasteiger partial charge in [0.15, 0.2) is 0 Å². The lowest BCUT2D eigenvalue weighted by molar-refractivity contribution is -0.111. The number of aromatic nitrogens is 2. The van der Waals surface area contributed by atoms with Crippen molar-refractivity contribution in [1.82, 2.24) is 14.9 Å². The van der Waals surface area contributed by atoms with Crippen molar-refractivity contribution in [2.45, 2.75) is 6.92 Å². The van der Waals surface area contributed by atoms with E-state index in [0.29, 0.717) is 59.6 Å². The summed E-state index contributed by atoms with van der Waals surface area (Å²) < 4.78 is 11.8. The Labute approximate surface area is 210 Å². The molecule has 2 aromatic carbocycles. The number of ether oxygens (including phenoxy) is 2. The Morgan fingerprint density at radius 1 is 1.17 bits per heavy atom. The summed E-state index contributed by atoms with van der Waals surface area (Å²) in [6, 6.07) is 12.2. The topological polar surface area (TPSA) is 138 Å². The van der Waals surface area contributed by atoms with Gasteiger partial charge in [-0.3, -0.25) is 10.2 Å². The van der Waals surface area contributed by atoms with E-state index >= 15 is 0 Å². The summed E-state index contributed by atoms with van der Waals surface area (Å²) in [6.45, 7) is 6.90. The molecule has 0 saturated carbocycles. The highest BCUT2D eigenvalue weighted by Crippen LogP contribution is 2.38. The second-order valence-electron chi connectivity index (χ2n) is 7.98. The molecule has 5 N–H and O–H groups in total. The fraction of sp³-hybridized carbons (Fsp3) is 0.231. The molecule has 188 valence electrons. The molecule has 36 heavy (non-hydrogen) atoms.